The highest BCUT2D eigenvalue weighted by Gasteiger charge is 2.30. The van der Waals surface area contributed by atoms with Crippen LogP contribution in [0.3, 0.4) is 0 Å². The third-order valence-corrected chi connectivity index (χ3v) is 22.4. The number of esters is 4. The van der Waals surface area contributed by atoms with Gasteiger partial charge in [-0.15, -0.1) is 0 Å². The van der Waals surface area contributed by atoms with Crippen molar-refractivity contribution in [3.8, 4) is 0 Å². The molecule has 0 rings (SSSR count). The number of phosphoric acid groups is 2. The molecular weight excluding hydrogens is 1380 g/mol. The van der Waals surface area contributed by atoms with Gasteiger partial charge in [0.25, 0.3) is 0 Å². The highest BCUT2D eigenvalue weighted by Crippen LogP contribution is 2.45. The maximum Gasteiger partial charge on any atom is 0.472 e. The lowest BCUT2D eigenvalue weighted by Gasteiger charge is -2.21. The average molecular weight is 1550 g/mol. The molecule has 0 amide bonds. The van der Waals surface area contributed by atoms with Gasteiger partial charge in [0.1, 0.15) is 19.3 Å². The molecule has 0 bridgehead atoms. The molecule has 17 nitrogen and oxygen atoms in total. The molecule has 0 aromatic rings. The molecule has 3 N–H and O–H groups in total. The van der Waals surface area contributed by atoms with Crippen LogP contribution >= 0.6 is 15.6 Å². The Labute approximate surface area is 651 Å². The third kappa shape index (κ3) is 80.1. The van der Waals surface area contributed by atoms with E-state index in [-0.39, 0.29) is 25.7 Å². The number of ether oxygens (including phenoxy) is 4. The standard InChI is InChI=1S/C87H170O17P2/c1-7-9-11-13-15-17-19-21-22-23-24-25-26-29-35-41-47-53-59-65-71-86(91)103-83(76-98-85(90)70-64-58-52-46-40-34-30-27-28-32-37-43-49-55-61-67-79(3)4)78-102-106(95,96)100-74-81(88)73-99-105(93,94)101-77-82(75-97-84(89)69-63-57-51-45-39-20-18-16-14-12-10-8-2)104-87(92)72-66-60-54-48-42-36-31-33-38-44-50-56-62-68-80(5)6/h79-83,88H,7-78H2,1-6H3,(H,93,94)(H,95,96)/t81-,82+,83+/m0/s1. The summed E-state index contributed by atoms with van der Waals surface area (Å²) in [7, 11) is -9.93. The van der Waals surface area contributed by atoms with E-state index in [2.05, 4.69) is 41.5 Å². The molecule has 5 atom stereocenters. The molecule has 106 heavy (non-hydrogen) atoms. The van der Waals surface area contributed by atoms with Crippen molar-refractivity contribution in [3.05, 3.63) is 0 Å². The lowest BCUT2D eigenvalue weighted by molar-refractivity contribution is -0.161. The van der Waals surface area contributed by atoms with Gasteiger partial charge in [0.05, 0.1) is 26.4 Å². The van der Waals surface area contributed by atoms with Gasteiger partial charge >= 0.3 is 39.5 Å². The van der Waals surface area contributed by atoms with Crippen LogP contribution in [0.1, 0.15) is 465 Å². The Kier molecular flexibility index (Phi) is 76.9. The second-order valence-corrected chi connectivity index (χ2v) is 35.1. The normalized spacial score (nSPS) is 13.8. The molecular formula is C87H170O17P2. The molecule has 0 aromatic carbocycles. The highest BCUT2D eigenvalue weighted by atomic mass is 31.2. The first-order chi connectivity index (χ1) is 51.4. The first-order valence-corrected chi connectivity index (χ1v) is 48.0. The van der Waals surface area contributed by atoms with Crippen molar-refractivity contribution in [1.29, 1.82) is 0 Å². The number of carbonyl (C=O) groups excluding carboxylic acids is 4. The SMILES string of the molecule is CCCCCCCCCCCCCCCCCCCCCCC(=O)O[C@H](COC(=O)CCCCCCCCCCCCCCCCCC(C)C)COP(=O)(O)OC[C@@H](O)COP(=O)(O)OC[C@@H](COC(=O)CCCCCCCCCCCCCC)OC(=O)CCCCCCCCCCCCCCCC(C)C. The Morgan fingerprint density at radius 3 is 0.642 bits per heavy atom. The van der Waals surface area contributed by atoms with E-state index in [1.54, 1.807) is 0 Å². The number of hydrogen-bond acceptors (Lipinski definition) is 15. The van der Waals surface area contributed by atoms with Crippen LogP contribution in [-0.2, 0) is 65.4 Å². The average Bonchev–Trinajstić information content (AvgIpc) is 0.899. The van der Waals surface area contributed by atoms with Gasteiger partial charge in [0, 0.05) is 25.7 Å². The fourth-order valence-electron chi connectivity index (χ4n) is 13.6. The Hall–Kier alpha value is -1.94. The lowest BCUT2D eigenvalue weighted by atomic mass is 10.0. The van der Waals surface area contributed by atoms with Crippen LogP contribution in [0.5, 0.6) is 0 Å². The van der Waals surface area contributed by atoms with Crippen molar-refractivity contribution in [2.75, 3.05) is 39.6 Å². The molecule has 0 aliphatic carbocycles. The summed E-state index contributed by atoms with van der Waals surface area (Å²) < 4.78 is 69.0. The number of phosphoric ester groups is 2. The zero-order valence-electron chi connectivity index (χ0n) is 69.7. The van der Waals surface area contributed by atoms with Crippen molar-refractivity contribution >= 4 is 39.5 Å². The van der Waals surface area contributed by atoms with Crippen molar-refractivity contribution in [2.24, 2.45) is 11.8 Å². The molecule has 0 aliphatic rings. The van der Waals surface area contributed by atoms with Crippen LogP contribution < -0.4 is 0 Å². The molecule has 0 spiro atoms. The lowest BCUT2D eigenvalue weighted by Crippen LogP contribution is -2.30. The van der Waals surface area contributed by atoms with Crippen LogP contribution in [0.2, 0.25) is 0 Å². The molecule has 0 saturated heterocycles. The van der Waals surface area contributed by atoms with Crippen molar-refractivity contribution in [1.82, 2.24) is 0 Å². The maximum absolute atomic E-state index is 13.2. The molecule has 0 radical (unpaired) electrons. The van der Waals surface area contributed by atoms with Crippen LogP contribution in [-0.4, -0.2) is 96.7 Å². The van der Waals surface area contributed by atoms with Crippen LogP contribution in [0.15, 0.2) is 0 Å². The van der Waals surface area contributed by atoms with E-state index >= 15 is 0 Å². The summed E-state index contributed by atoms with van der Waals surface area (Å²) in [5, 5.41) is 10.7. The summed E-state index contributed by atoms with van der Waals surface area (Å²) in [5.41, 5.74) is 0. The van der Waals surface area contributed by atoms with Gasteiger partial charge in [0.15, 0.2) is 12.2 Å². The molecule has 0 heterocycles. The van der Waals surface area contributed by atoms with Gasteiger partial charge in [-0.3, -0.25) is 37.3 Å². The zero-order chi connectivity index (χ0) is 77.8. The predicted octanol–water partition coefficient (Wildman–Crippen LogP) is 26.6. The summed E-state index contributed by atoms with van der Waals surface area (Å²) in [6, 6.07) is 0. The molecule has 2 unspecified atom stereocenters. The predicted molar refractivity (Wildman–Crippen MR) is 437 cm³/mol. The number of aliphatic hydroxyl groups is 1. The molecule has 0 saturated carbocycles. The first kappa shape index (κ1) is 104. The van der Waals surface area contributed by atoms with E-state index < -0.39 is 97.5 Å². The molecule has 0 aromatic heterocycles. The largest absolute Gasteiger partial charge is 0.472 e. The summed E-state index contributed by atoms with van der Waals surface area (Å²) in [6.07, 6.45) is 70.7. The number of rotatable bonds is 86. The molecule has 0 aliphatic heterocycles. The second-order valence-electron chi connectivity index (χ2n) is 32.2. The number of carbonyl (C=O) groups is 4. The molecule has 0 fully saturated rings. The van der Waals surface area contributed by atoms with E-state index in [9.17, 15) is 43.2 Å². The summed E-state index contributed by atoms with van der Waals surface area (Å²) in [4.78, 5) is 73.3. The maximum atomic E-state index is 13.2. The highest BCUT2D eigenvalue weighted by molar-refractivity contribution is 7.47. The van der Waals surface area contributed by atoms with E-state index in [0.717, 1.165) is 102 Å². The van der Waals surface area contributed by atoms with E-state index in [1.165, 1.54) is 283 Å². The van der Waals surface area contributed by atoms with E-state index in [4.69, 9.17) is 37.0 Å². The monoisotopic (exact) mass is 1550 g/mol. The van der Waals surface area contributed by atoms with Gasteiger partial charge in [0.2, 0.25) is 0 Å². The summed E-state index contributed by atoms with van der Waals surface area (Å²) >= 11 is 0. The van der Waals surface area contributed by atoms with Gasteiger partial charge in [-0.25, -0.2) is 9.13 Å². The van der Waals surface area contributed by atoms with Gasteiger partial charge in [-0.1, -0.05) is 414 Å². The minimum Gasteiger partial charge on any atom is -0.462 e. The fourth-order valence-corrected chi connectivity index (χ4v) is 15.2. The minimum absolute atomic E-state index is 0.108. The molecule has 19 heteroatoms. The van der Waals surface area contributed by atoms with Crippen LogP contribution in [0.25, 0.3) is 0 Å². The third-order valence-electron chi connectivity index (χ3n) is 20.5. The van der Waals surface area contributed by atoms with Gasteiger partial charge in [-0.2, -0.15) is 0 Å². The minimum atomic E-state index is -4.97. The zero-order valence-corrected chi connectivity index (χ0v) is 71.5. The van der Waals surface area contributed by atoms with Gasteiger partial charge < -0.3 is 33.8 Å². The fraction of sp³-hybridized carbons (Fsp3) is 0.954. The van der Waals surface area contributed by atoms with E-state index in [0.29, 0.717) is 25.7 Å². The number of aliphatic hydroxyl groups excluding tert-OH is 1. The van der Waals surface area contributed by atoms with Crippen molar-refractivity contribution in [2.45, 2.75) is 484 Å². The number of hydrogen-bond donors (Lipinski definition) is 3. The Morgan fingerprint density at radius 2 is 0.434 bits per heavy atom. The van der Waals surface area contributed by atoms with E-state index in [1.807, 2.05) is 0 Å². The Bertz CT molecular complexity index is 2030. The Morgan fingerprint density at radius 1 is 0.255 bits per heavy atom. The summed E-state index contributed by atoms with van der Waals surface area (Å²) in [5.74, 6) is -0.506. The topological polar surface area (TPSA) is 237 Å². The van der Waals surface area contributed by atoms with Crippen LogP contribution in [0, 0.1) is 11.8 Å². The van der Waals surface area contributed by atoms with Crippen molar-refractivity contribution < 1.29 is 80.2 Å². The Balaban J connectivity index is 5.25. The molecule has 630 valence electrons. The first-order valence-electron chi connectivity index (χ1n) is 45.0. The van der Waals surface area contributed by atoms with Gasteiger partial charge in [-0.05, 0) is 37.5 Å². The smallest absolute Gasteiger partial charge is 0.462 e. The number of unbranched alkanes of at least 4 members (excludes halogenated alkanes) is 56. The quantitative estimate of drug-likeness (QED) is 0.0222. The van der Waals surface area contributed by atoms with Crippen molar-refractivity contribution in [3.63, 3.8) is 0 Å². The second kappa shape index (κ2) is 78.3. The van der Waals surface area contributed by atoms with Crippen LogP contribution in [0.4, 0.5) is 0 Å². The summed E-state index contributed by atoms with van der Waals surface area (Å²) in [6.45, 7) is 9.72.